The molecule has 0 saturated carbocycles. The van der Waals surface area contributed by atoms with Crippen molar-refractivity contribution in [2.24, 2.45) is 0 Å². The summed E-state index contributed by atoms with van der Waals surface area (Å²) in [5, 5.41) is 2.85. The van der Waals surface area contributed by atoms with Gasteiger partial charge in [0, 0.05) is 18.7 Å². The topological polar surface area (TPSA) is 68.0 Å². The van der Waals surface area contributed by atoms with Crippen LogP contribution in [-0.2, 0) is 6.42 Å². The molecular weight excluding hydrogens is 230 g/mol. The Balaban J connectivity index is 1.92. The van der Waals surface area contributed by atoms with E-state index in [1.165, 1.54) is 6.20 Å². The number of aromatic nitrogens is 2. The Morgan fingerprint density at radius 1 is 1.44 bits per heavy atom. The number of hydrogen-bond acceptors (Lipinski definition) is 4. The number of nitrogens with zero attached hydrogens (tertiary/aromatic N) is 2. The van der Waals surface area contributed by atoms with Crippen molar-refractivity contribution in [1.29, 1.82) is 0 Å². The van der Waals surface area contributed by atoms with Crippen LogP contribution in [-0.4, -0.2) is 21.9 Å². The van der Waals surface area contributed by atoms with E-state index in [-0.39, 0.29) is 11.9 Å². The van der Waals surface area contributed by atoms with Gasteiger partial charge in [0.25, 0.3) is 5.91 Å². The molecule has 0 aliphatic carbocycles. The minimum atomic E-state index is -0.221. The lowest BCUT2D eigenvalue weighted by atomic mass is 10.2. The highest BCUT2D eigenvalue weighted by atomic mass is 16.3. The SMILES string of the molecule is Cc1cnc(C(=O)N[C@H](C)Cc2ccco2)cn1. The van der Waals surface area contributed by atoms with Crippen LogP contribution < -0.4 is 5.32 Å². The van der Waals surface area contributed by atoms with Crippen molar-refractivity contribution < 1.29 is 9.21 Å². The lowest BCUT2D eigenvalue weighted by Gasteiger charge is -2.11. The predicted molar refractivity (Wildman–Crippen MR) is 66.1 cm³/mol. The van der Waals surface area contributed by atoms with E-state index in [1.54, 1.807) is 12.5 Å². The average molecular weight is 245 g/mol. The molecule has 0 saturated heterocycles. The van der Waals surface area contributed by atoms with Gasteiger partial charge in [-0.25, -0.2) is 4.98 Å². The van der Waals surface area contributed by atoms with Crippen LogP contribution in [0.5, 0.6) is 0 Å². The van der Waals surface area contributed by atoms with Crippen molar-refractivity contribution in [3.05, 3.63) is 47.9 Å². The molecule has 1 atom stereocenters. The van der Waals surface area contributed by atoms with Gasteiger partial charge in [-0.3, -0.25) is 9.78 Å². The van der Waals surface area contributed by atoms with E-state index < -0.39 is 0 Å². The smallest absolute Gasteiger partial charge is 0.271 e. The lowest BCUT2D eigenvalue weighted by molar-refractivity contribution is 0.0934. The maximum Gasteiger partial charge on any atom is 0.271 e. The van der Waals surface area contributed by atoms with Crippen LogP contribution in [0.25, 0.3) is 0 Å². The van der Waals surface area contributed by atoms with Crippen molar-refractivity contribution in [3.63, 3.8) is 0 Å². The standard InChI is InChI=1S/C13H15N3O2/c1-9(6-11-4-3-5-18-11)16-13(17)12-8-14-10(2)7-15-12/h3-5,7-9H,6H2,1-2H3,(H,16,17)/t9-/m1/s1. The van der Waals surface area contributed by atoms with Crippen LogP contribution in [0.15, 0.2) is 35.2 Å². The predicted octanol–water partition coefficient (Wildman–Crippen LogP) is 1.74. The van der Waals surface area contributed by atoms with Gasteiger partial charge in [-0.05, 0) is 26.0 Å². The van der Waals surface area contributed by atoms with Crippen LogP contribution >= 0.6 is 0 Å². The van der Waals surface area contributed by atoms with Gasteiger partial charge >= 0.3 is 0 Å². The highest BCUT2D eigenvalue weighted by Gasteiger charge is 2.12. The summed E-state index contributed by atoms with van der Waals surface area (Å²) >= 11 is 0. The summed E-state index contributed by atoms with van der Waals surface area (Å²) in [7, 11) is 0. The second-order valence-corrected chi connectivity index (χ2v) is 4.20. The molecular formula is C13H15N3O2. The van der Waals surface area contributed by atoms with Crippen molar-refractivity contribution >= 4 is 5.91 Å². The average Bonchev–Trinajstić information content (AvgIpc) is 2.82. The first-order valence-corrected chi connectivity index (χ1v) is 5.77. The number of hydrogen-bond donors (Lipinski definition) is 1. The molecule has 2 aromatic rings. The Labute approximate surface area is 105 Å². The van der Waals surface area contributed by atoms with Crippen LogP contribution in [0.1, 0.15) is 28.9 Å². The van der Waals surface area contributed by atoms with Gasteiger partial charge in [-0.2, -0.15) is 0 Å². The molecule has 0 unspecified atom stereocenters. The molecule has 1 N–H and O–H groups in total. The van der Waals surface area contributed by atoms with E-state index in [1.807, 2.05) is 26.0 Å². The summed E-state index contributed by atoms with van der Waals surface area (Å²) < 4.78 is 5.23. The maximum absolute atomic E-state index is 11.9. The minimum Gasteiger partial charge on any atom is -0.469 e. The summed E-state index contributed by atoms with van der Waals surface area (Å²) in [5.74, 6) is 0.624. The van der Waals surface area contributed by atoms with Crippen molar-refractivity contribution in [2.45, 2.75) is 26.3 Å². The monoisotopic (exact) mass is 245 g/mol. The molecule has 0 spiro atoms. The first kappa shape index (κ1) is 12.3. The number of nitrogens with one attached hydrogen (secondary N) is 1. The van der Waals surface area contributed by atoms with Gasteiger partial charge in [0.15, 0.2) is 0 Å². The van der Waals surface area contributed by atoms with E-state index in [0.717, 1.165) is 11.5 Å². The fraction of sp³-hybridized carbons (Fsp3) is 0.308. The van der Waals surface area contributed by atoms with Gasteiger partial charge in [0.1, 0.15) is 11.5 Å². The van der Waals surface area contributed by atoms with E-state index in [9.17, 15) is 4.79 Å². The van der Waals surface area contributed by atoms with Crippen LogP contribution in [0, 0.1) is 6.92 Å². The molecule has 94 valence electrons. The van der Waals surface area contributed by atoms with E-state index in [2.05, 4.69) is 15.3 Å². The molecule has 0 aromatic carbocycles. The third-order valence-electron chi connectivity index (χ3n) is 2.48. The summed E-state index contributed by atoms with van der Waals surface area (Å²) in [6.07, 6.45) is 5.32. The quantitative estimate of drug-likeness (QED) is 0.890. The van der Waals surface area contributed by atoms with Gasteiger partial charge in [0.2, 0.25) is 0 Å². The Kier molecular flexibility index (Phi) is 3.72. The number of carbonyl (C=O) groups excluding carboxylic acids is 1. The molecule has 0 aliphatic heterocycles. The highest BCUT2D eigenvalue weighted by Crippen LogP contribution is 2.04. The van der Waals surface area contributed by atoms with Crippen LogP contribution in [0.4, 0.5) is 0 Å². The van der Waals surface area contributed by atoms with Crippen molar-refractivity contribution in [3.8, 4) is 0 Å². The largest absolute Gasteiger partial charge is 0.469 e. The Hall–Kier alpha value is -2.17. The third kappa shape index (κ3) is 3.16. The fourth-order valence-corrected chi connectivity index (χ4v) is 1.59. The fourth-order valence-electron chi connectivity index (χ4n) is 1.59. The van der Waals surface area contributed by atoms with E-state index >= 15 is 0 Å². The minimum absolute atomic E-state index is 0.0215. The summed E-state index contributed by atoms with van der Waals surface area (Å²) in [6.45, 7) is 3.75. The summed E-state index contributed by atoms with van der Waals surface area (Å²) in [4.78, 5) is 19.9. The number of amides is 1. The zero-order valence-corrected chi connectivity index (χ0v) is 10.4. The van der Waals surface area contributed by atoms with Gasteiger partial charge in [-0.1, -0.05) is 0 Å². The van der Waals surface area contributed by atoms with E-state index in [4.69, 9.17) is 4.42 Å². The molecule has 0 aliphatic rings. The molecule has 0 bridgehead atoms. The first-order valence-electron chi connectivity index (χ1n) is 5.77. The van der Waals surface area contributed by atoms with Gasteiger partial charge in [0.05, 0.1) is 18.2 Å². The van der Waals surface area contributed by atoms with Crippen LogP contribution in [0.2, 0.25) is 0 Å². The van der Waals surface area contributed by atoms with Crippen LogP contribution in [0.3, 0.4) is 0 Å². The molecule has 0 radical (unpaired) electrons. The molecule has 2 aromatic heterocycles. The maximum atomic E-state index is 11.9. The number of furan rings is 1. The second kappa shape index (κ2) is 5.44. The Morgan fingerprint density at radius 2 is 2.28 bits per heavy atom. The Bertz CT molecular complexity index is 506. The molecule has 2 rings (SSSR count). The molecule has 5 heteroatoms. The van der Waals surface area contributed by atoms with Gasteiger partial charge in [-0.15, -0.1) is 0 Å². The summed E-state index contributed by atoms with van der Waals surface area (Å²) in [6, 6.07) is 3.69. The zero-order chi connectivity index (χ0) is 13.0. The first-order chi connectivity index (χ1) is 8.65. The van der Waals surface area contributed by atoms with E-state index in [0.29, 0.717) is 12.1 Å². The zero-order valence-electron chi connectivity index (χ0n) is 10.4. The summed E-state index contributed by atoms with van der Waals surface area (Å²) in [5.41, 5.74) is 1.11. The van der Waals surface area contributed by atoms with Gasteiger partial charge < -0.3 is 9.73 Å². The molecule has 0 fully saturated rings. The molecule has 18 heavy (non-hydrogen) atoms. The number of rotatable bonds is 4. The third-order valence-corrected chi connectivity index (χ3v) is 2.48. The second-order valence-electron chi connectivity index (χ2n) is 4.20. The normalized spacial score (nSPS) is 12.1. The number of aryl methyl sites for hydroxylation is 1. The molecule has 5 nitrogen and oxygen atoms in total. The highest BCUT2D eigenvalue weighted by molar-refractivity contribution is 5.92. The lowest BCUT2D eigenvalue weighted by Crippen LogP contribution is -2.34. The van der Waals surface area contributed by atoms with Crippen molar-refractivity contribution in [1.82, 2.24) is 15.3 Å². The molecule has 1 amide bonds. The van der Waals surface area contributed by atoms with Crippen molar-refractivity contribution in [2.75, 3.05) is 0 Å². The Morgan fingerprint density at radius 3 is 2.89 bits per heavy atom. The molecule has 2 heterocycles. The number of carbonyl (C=O) groups is 1.